The standard InChI is InChI=1S/C28H28FN5O3/c1-5-8-30-26-17(2)33(3)28(35)25(26)21-14-20(22(29)15-24(21)36-4)27-19-7-6-18(13-23(19)31-16-32-27)34-9-11-37-12-10-34/h5-8,13-16,25H,1,9-12H2,2-4H3/b30-8-. The number of aromatic nitrogens is 2. The van der Waals surface area contributed by atoms with Gasteiger partial charge in [-0.2, -0.15) is 0 Å². The van der Waals surface area contributed by atoms with Crippen LogP contribution in [0.15, 0.2) is 65.7 Å². The summed E-state index contributed by atoms with van der Waals surface area (Å²) in [4.78, 5) is 30.4. The predicted molar refractivity (Wildman–Crippen MR) is 141 cm³/mol. The highest BCUT2D eigenvalue weighted by molar-refractivity contribution is 5.96. The molecule has 1 amide bonds. The first kappa shape index (κ1) is 24.6. The Hall–Kier alpha value is -4.11. The van der Waals surface area contributed by atoms with Gasteiger partial charge in [-0.1, -0.05) is 12.7 Å². The van der Waals surface area contributed by atoms with E-state index in [0.29, 0.717) is 46.8 Å². The third-order valence-electron chi connectivity index (χ3n) is 6.93. The van der Waals surface area contributed by atoms with E-state index in [1.165, 1.54) is 19.5 Å². The van der Waals surface area contributed by atoms with Crippen molar-refractivity contribution >= 4 is 28.7 Å². The molecule has 3 heterocycles. The van der Waals surface area contributed by atoms with Gasteiger partial charge in [0.1, 0.15) is 23.8 Å². The maximum Gasteiger partial charge on any atom is 0.240 e. The van der Waals surface area contributed by atoms with Gasteiger partial charge >= 0.3 is 0 Å². The van der Waals surface area contributed by atoms with Crippen molar-refractivity contribution in [2.45, 2.75) is 12.8 Å². The molecule has 1 saturated heterocycles. The molecule has 37 heavy (non-hydrogen) atoms. The largest absolute Gasteiger partial charge is 0.496 e. The Morgan fingerprint density at radius 1 is 1.22 bits per heavy atom. The summed E-state index contributed by atoms with van der Waals surface area (Å²) in [5.41, 5.74) is 4.22. The van der Waals surface area contributed by atoms with Gasteiger partial charge in [-0.3, -0.25) is 9.79 Å². The topological polar surface area (TPSA) is 80.2 Å². The molecule has 5 rings (SSSR count). The van der Waals surface area contributed by atoms with Crippen LogP contribution in [0.1, 0.15) is 18.4 Å². The van der Waals surface area contributed by atoms with E-state index in [1.54, 1.807) is 30.3 Å². The molecule has 8 nitrogen and oxygen atoms in total. The summed E-state index contributed by atoms with van der Waals surface area (Å²) in [5, 5.41) is 0.709. The molecule has 0 spiro atoms. The second-order valence-corrected chi connectivity index (χ2v) is 8.91. The summed E-state index contributed by atoms with van der Waals surface area (Å²) in [7, 11) is 3.15. The molecular weight excluding hydrogens is 473 g/mol. The minimum absolute atomic E-state index is 0.174. The van der Waals surface area contributed by atoms with E-state index in [0.717, 1.165) is 18.8 Å². The molecule has 9 heteroatoms. The summed E-state index contributed by atoms with van der Waals surface area (Å²) >= 11 is 0. The Bertz CT molecular complexity index is 1450. The zero-order valence-corrected chi connectivity index (χ0v) is 21.1. The quantitative estimate of drug-likeness (QED) is 0.468. The van der Waals surface area contributed by atoms with Crippen LogP contribution in [0.4, 0.5) is 10.1 Å². The second-order valence-electron chi connectivity index (χ2n) is 8.91. The fraction of sp³-hybridized carbons (Fsp3) is 0.286. The smallest absolute Gasteiger partial charge is 0.240 e. The zero-order chi connectivity index (χ0) is 26.1. The number of hydrogen-bond donors (Lipinski definition) is 0. The molecule has 0 N–H and O–H groups in total. The molecule has 3 aromatic rings. The summed E-state index contributed by atoms with van der Waals surface area (Å²) < 4.78 is 26.5. The zero-order valence-electron chi connectivity index (χ0n) is 21.1. The fourth-order valence-corrected chi connectivity index (χ4v) is 4.87. The molecule has 1 atom stereocenters. The van der Waals surface area contributed by atoms with E-state index in [9.17, 15) is 4.79 Å². The number of halogens is 1. The van der Waals surface area contributed by atoms with Gasteiger partial charge in [0.25, 0.3) is 0 Å². The maximum absolute atomic E-state index is 15.5. The van der Waals surface area contributed by atoms with Crippen LogP contribution in [0.2, 0.25) is 0 Å². The number of likely N-dealkylation sites (N-methyl/N-ethyl adjacent to an activating group) is 1. The van der Waals surface area contributed by atoms with Crippen LogP contribution in [0, 0.1) is 5.82 Å². The van der Waals surface area contributed by atoms with Crippen LogP contribution >= 0.6 is 0 Å². The van der Waals surface area contributed by atoms with E-state index in [1.807, 2.05) is 25.1 Å². The minimum atomic E-state index is -0.753. The molecule has 1 aromatic heterocycles. The molecule has 190 valence electrons. The monoisotopic (exact) mass is 501 g/mol. The van der Waals surface area contributed by atoms with Gasteiger partial charge in [0.2, 0.25) is 5.91 Å². The molecule has 0 radical (unpaired) electrons. The van der Waals surface area contributed by atoms with Gasteiger partial charge in [-0.05, 0) is 31.2 Å². The molecule has 2 aliphatic rings. The number of ether oxygens (including phenoxy) is 2. The third kappa shape index (κ3) is 4.35. The van der Waals surface area contributed by atoms with E-state index >= 15 is 4.39 Å². The van der Waals surface area contributed by atoms with Gasteiger partial charge in [0.15, 0.2) is 0 Å². The van der Waals surface area contributed by atoms with Gasteiger partial charge in [-0.15, -0.1) is 0 Å². The number of rotatable bonds is 6. The summed E-state index contributed by atoms with van der Waals surface area (Å²) in [6.07, 6.45) is 4.52. The number of benzene rings is 2. The summed E-state index contributed by atoms with van der Waals surface area (Å²) in [5.74, 6) is -1.17. The van der Waals surface area contributed by atoms with Crippen molar-refractivity contribution in [3.8, 4) is 17.0 Å². The number of aliphatic imine (C=N–C) groups is 1. The number of morpholine rings is 1. The van der Waals surface area contributed by atoms with Crippen LogP contribution in [-0.4, -0.2) is 67.5 Å². The predicted octanol–water partition coefficient (Wildman–Crippen LogP) is 4.33. The van der Waals surface area contributed by atoms with Crippen molar-refractivity contribution < 1.29 is 18.7 Å². The maximum atomic E-state index is 15.5. The van der Waals surface area contributed by atoms with Gasteiger partial charge in [0.05, 0.1) is 37.2 Å². The highest BCUT2D eigenvalue weighted by Gasteiger charge is 2.39. The van der Waals surface area contributed by atoms with E-state index in [-0.39, 0.29) is 17.2 Å². The molecule has 0 saturated carbocycles. The average Bonchev–Trinajstić information content (AvgIpc) is 3.14. The summed E-state index contributed by atoms with van der Waals surface area (Å²) in [6, 6.07) is 8.84. The van der Waals surface area contributed by atoms with Crippen molar-refractivity contribution in [2.24, 2.45) is 4.99 Å². The SMILES string of the molecule is C=C/C=N\C1=C(C)N(C)C(=O)C1c1cc(-c2ncnc3cc(N4CCOCC4)ccc23)c(F)cc1OC. The number of allylic oxidation sites excluding steroid dienone is 2. The molecule has 0 aliphatic carbocycles. The van der Waals surface area contributed by atoms with Gasteiger partial charge in [-0.25, -0.2) is 14.4 Å². The molecule has 2 aliphatic heterocycles. The lowest BCUT2D eigenvalue weighted by Gasteiger charge is -2.29. The molecular formula is C28H28FN5O3. The van der Waals surface area contributed by atoms with Crippen molar-refractivity contribution in [2.75, 3.05) is 45.4 Å². The Morgan fingerprint density at radius 3 is 2.73 bits per heavy atom. The Morgan fingerprint density at radius 2 is 2.00 bits per heavy atom. The minimum Gasteiger partial charge on any atom is -0.496 e. The lowest BCUT2D eigenvalue weighted by Crippen LogP contribution is -2.36. The molecule has 0 bridgehead atoms. The number of hydrogen-bond acceptors (Lipinski definition) is 7. The first-order valence-corrected chi connectivity index (χ1v) is 12.0. The number of fused-ring (bicyclic) bond motifs is 1. The van der Waals surface area contributed by atoms with Crippen molar-refractivity contribution in [1.82, 2.24) is 14.9 Å². The van der Waals surface area contributed by atoms with Gasteiger partial charge < -0.3 is 19.3 Å². The Balaban J connectivity index is 1.64. The first-order chi connectivity index (χ1) is 17.9. The first-order valence-electron chi connectivity index (χ1n) is 12.0. The highest BCUT2D eigenvalue weighted by Crippen LogP contribution is 2.43. The fourth-order valence-electron chi connectivity index (χ4n) is 4.87. The molecule has 1 unspecified atom stereocenters. The van der Waals surface area contributed by atoms with Crippen LogP contribution < -0.4 is 9.64 Å². The van der Waals surface area contributed by atoms with Crippen molar-refractivity contribution in [3.63, 3.8) is 0 Å². The number of amides is 1. The normalized spacial score (nSPS) is 18.4. The van der Waals surface area contributed by atoms with Gasteiger partial charge in [0, 0.05) is 60.3 Å². The van der Waals surface area contributed by atoms with Crippen molar-refractivity contribution in [1.29, 1.82) is 0 Å². The van der Waals surface area contributed by atoms with Crippen LogP contribution in [0.3, 0.4) is 0 Å². The Kier molecular flexibility index (Phi) is 6.71. The molecule has 1 fully saturated rings. The van der Waals surface area contributed by atoms with Crippen LogP contribution in [-0.2, 0) is 9.53 Å². The Labute approximate surface area is 214 Å². The number of carbonyl (C=O) groups is 1. The van der Waals surface area contributed by atoms with Crippen LogP contribution in [0.25, 0.3) is 22.2 Å². The number of anilines is 1. The summed E-state index contributed by atoms with van der Waals surface area (Å²) in [6.45, 7) is 8.45. The number of carbonyl (C=O) groups excluding carboxylic acids is 1. The van der Waals surface area contributed by atoms with Crippen LogP contribution in [0.5, 0.6) is 5.75 Å². The van der Waals surface area contributed by atoms with E-state index < -0.39 is 11.7 Å². The third-order valence-corrected chi connectivity index (χ3v) is 6.93. The van der Waals surface area contributed by atoms with Crippen molar-refractivity contribution in [3.05, 3.63) is 72.1 Å². The number of nitrogens with zero attached hydrogens (tertiary/aromatic N) is 5. The number of methoxy groups -OCH3 is 1. The van der Waals surface area contributed by atoms with E-state index in [4.69, 9.17) is 9.47 Å². The highest BCUT2D eigenvalue weighted by atomic mass is 19.1. The lowest BCUT2D eigenvalue weighted by atomic mass is 9.92. The van der Waals surface area contributed by atoms with E-state index in [2.05, 4.69) is 26.4 Å². The second kappa shape index (κ2) is 10.1. The molecule has 2 aromatic carbocycles. The lowest BCUT2D eigenvalue weighted by molar-refractivity contribution is -0.127. The average molecular weight is 502 g/mol.